The van der Waals surface area contributed by atoms with Gasteiger partial charge in [-0.25, -0.2) is 0 Å². The molecule has 2 rings (SSSR count). The molecule has 2 atom stereocenters. The minimum Gasteiger partial charge on any atom is -0.369 e. The van der Waals surface area contributed by atoms with Crippen molar-refractivity contribution in [2.24, 2.45) is 11.7 Å². The molecule has 0 saturated carbocycles. The van der Waals surface area contributed by atoms with Crippen molar-refractivity contribution >= 4 is 5.91 Å². The van der Waals surface area contributed by atoms with Crippen LogP contribution in [-0.2, 0) is 9.53 Å². The van der Waals surface area contributed by atoms with Crippen LogP contribution in [0.1, 0.15) is 12.8 Å². The van der Waals surface area contributed by atoms with Gasteiger partial charge in [-0.15, -0.1) is 0 Å². The molecule has 1 amide bonds. The van der Waals surface area contributed by atoms with E-state index >= 15 is 0 Å². The molecule has 2 aliphatic heterocycles. The minimum atomic E-state index is 0.0724. The first-order chi connectivity index (χ1) is 7.81. The zero-order chi connectivity index (χ0) is 11.4. The SMILES string of the molecule is NCC1COCC(=O)N1CC1CCCNC1. The lowest BCUT2D eigenvalue weighted by Crippen LogP contribution is -2.55. The number of nitrogens with one attached hydrogen (secondary N) is 1. The van der Waals surface area contributed by atoms with Crippen LogP contribution in [0.3, 0.4) is 0 Å². The van der Waals surface area contributed by atoms with Crippen LogP contribution in [0.25, 0.3) is 0 Å². The number of nitrogens with two attached hydrogens (primary N) is 1. The average molecular weight is 227 g/mol. The van der Waals surface area contributed by atoms with Crippen LogP contribution in [0.5, 0.6) is 0 Å². The Hall–Kier alpha value is -0.650. The maximum Gasteiger partial charge on any atom is 0.248 e. The van der Waals surface area contributed by atoms with Crippen molar-refractivity contribution < 1.29 is 9.53 Å². The fraction of sp³-hybridized carbons (Fsp3) is 0.909. The van der Waals surface area contributed by atoms with Crippen LogP contribution in [0.15, 0.2) is 0 Å². The number of nitrogens with zero attached hydrogens (tertiary/aromatic N) is 1. The van der Waals surface area contributed by atoms with Crippen molar-refractivity contribution in [3.63, 3.8) is 0 Å². The highest BCUT2D eigenvalue weighted by molar-refractivity contribution is 5.78. The fourth-order valence-electron chi connectivity index (χ4n) is 2.46. The molecule has 2 fully saturated rings. The summed E-state index contributed by atoms with van der Waals surface area (Å²) in [7, 11) is 0. The molecule has 5 heteroatoms. The highest BCUT2D eigenvalue weighted by Crippen LogP contribution is 2.15. The number of carbonyl (C=O) groups excluding carboxylic acids is 1. The van der Waals surface area contributed by atoms with E-state index in [2.05, 4.69) is 5.32 Å². The van der Waals surface area contributed by atoms with Gasteiger partial charge in [-0.05, 0) is 31.8 Å². The molecule has 0 aromatic carbocycles. The summed E-state index contributed by atoms with van der Waals surface area (Å²) in [4.78, 5) is 13.7. The lowest BCUT2D eigenvalue weighted by atomic mass is 9.98. The number of hydrogen-bond donors (Lipinski definition) is 2. The summed E-state index contributed by atoms with van der Waals surface area (Å²) >= 11 is 0. The quantitative estimate of drug-likeness (QED) is 0.660. The van der Waals surface area contributed by atoms with E-state index in [-0.39, 0.29) is 18.6 Å². The van der Waals surface area contributed by atoms with Crippen molar-refractivity contribution in [2.75, 3.05) is 39.4 Å². The van der Waals surface area contributed by atoms with Crippen molar-refractivity contribution in [1.82, 2.24) is 10.2 Å². The zero-order valence-corrected chi connectivity index (χ0v) is 9.65. The van der Waals surface area contributed by atoms with Crippen molar-refractivity contribution in [3.05, 3.63) is 0 Å². The highest BCUT2D eigenvalue weighted by atomic mass is 16.5. The summed E-state index contributed by atoms with van der Waals surface area (Å²) in [5.41, 5.74) is 5.67. The van der Waals surface area contributed by atoms with Gasteiger partial charge in [0.05, 0.1) is 12.6 Å². The Morgan fingerprint density at radius 2 is 2.44 bits per heavy atom. The monoisotopic (exact) mass is 227 g/mol. The summed E-state index contributed by atoms with van der Waals surface area (Å²) in [5, 5.41) is 3.37. The lowest BCUT2D eigenvalue weighted by Gasteiger charge is -2.38. The van der Waals surface area contributed by atoms with Gasteiger partial charge in [0.15, 0.2) is 0 Å². The Kier molecular flexibility index (Phi) is 4.15. The molecule has 0 aromatic rings. The largest absolute Gasteiger partial charge is 0.369 e. The van der Waals surface area contributed by atoms with Crippen molar-refractivity contribution in [1.29, 1.82) is 0 Å². The molecular weight excluding hydrogens is 206 g/mol. The molecule has 3 N–H and O–H groups in total. The van der Waals surface area contributed by atoms with Crippen LogP contribution in [0, 0.1) is 5.92 Å². The smallest absolute Gasteiger partial charge is 0.248 e. The number of amides is 1. The second-order valence-electron chi connectivity index (χ2n) is 4.66. The van der Waals surface area contributed by atoms with E-state index in [1.165, 1.54) is 12.8 Å². The summed E-state index contributed by atoms with van der Waals surface area (Å²) in [6.45, 7) is 4.25. The summed E-state index contributed by atoms with van der Waals surface area (Å²) < 4.78 is 5.22. The molecule has 2 aliphatic rings. The van der Waals surface area contributed by atoms with Gasteiger partial charge in [-0.3, -0.25) is 4.79 Å². The van der Waals surface area contributed by atoms with Gasteiger partial charge >= 0.3 is 0 Å². The second-order valence-corrected chi connectivity index (χ2v) is 4.66. The van der Waals surface area contributed by atoms with Gasteiger partial charge in [0.1, 0.15) is 6.61 Å². The van der Waals surface area contributed by atoms with Gasteiger partial charge in [0.25, 0.3) is 0 Å². The molecule has 0 radical (unpaired) electrons. The van der Waals surface area contributed by atoms with E-state index in [0.29, 0.717) is 19.1 Å². The molecule has 16 heavy (non-hydrogen) atoms. The normalized spacial score (nSPS) is 31.8. The molecular formula is C11H21N3O2. The third kappa shape index (κ3) is 2.72. The number of carbonyl (C=O) groups is 1. The Morgan fingerprint density at radius 3 is 3.12 bits per heavy atom. The van der Waals surface area contributed by atoms with E-state index in [9.17, 15) is 4.79 Å². The third-order valence-corrected chi connectivity index (χ3v) is 3.42. The maximum absolute atomic E-state index is 11.8. The minimum absolute atomic E-state index is 0.0724. The van der Waals surface area contributed by atoms with Crippen LogP contribution in [0.2, 0.25) is 0 Å². The van der Waals surface area contributed by atoms with Crippen LogP contribution in [-0.4, -0.2) is 56.2 Å². The topological polar surface area (TPSA) is 67.6 Å². The Morgan fingerprint density at radius 1 is 1.56 bits per heavy atom. The molecule has 5 nitrogen and oxygen atoms in total. The van der Waals surface area contributed by atoms with E-state index in [1.54, 1.807) is 0 Å². The van der Waals surface area contributed by atoms with Gasteiger partial charge in [-0.2, -0.15) is 0 Å². The first-order valence-electron chi connectivity index (χ1n) is 6.09. The third-order valence-electron chi connectivity index (χ3n) is 3.42. The zero-order valence-electron chi connectivity index (χ0n) is 9.65. The number of hydrogen-bond acceptors (Lipinski definition) is 4. The molecule has 2 heterocycles. The van der Waals surface area contributed by atoms with Crippen LogP contribution < -0.4 is 11.1 Å². The molecule has 0 bridgehead atoms. The number of ether oxygens (including phenoxy) is 1. The van der Waals surface area contributed by atoms with Crippen LogP contribution >= 0.6 is 0 Å². The Labute approximate surface area is 96.3 Å². The number of morpholine rings is 1. The summed E-state index contributed by atoms with van der Waals surface area (Å²) in [6.07, 6.45) is 2.41. The Balaban J connectivity index is 1.91. The number of piperidine rings is 1. The Bertz CT molecular complexity index is 241. The van der Waals surface area contributed by atoms with Crippen LogP contribution in [0.4, 0.5) is 0 Å². The van der Waals surface area contributed by atoms with Gasteiger partial charge < -0.3 is 20.7 Å². The maximum atomic E-state index is 11.8. The first kappa shape index (κ1) is 11.8. The predicted octanol–water partition coefficient (Wildman–Crippen LogP) is -0.828. The average Bonchev–Trinajstić information content (AvgIpc) is 2.33. The fourth-order valence-corrected chi connectivity index (χ4v) is 2.46. The standard InChI is InChI=1S/C11H21N3O2/c12-4-10-7-16-8-11(15)14(10)6-9-2-1-3-13-5-9/h9-10,13H,1-8,12H2. The molecule has 0 aromatic heterocycles. The molecule has 0 spiro atoms. The predicted molar refractivity (Wildman–Crippen MR) is 61.0 cm³/mol. The van der Waals surface area contributed by atoms with Gasteiger partial charge in [0, 0.05) is 13.1 Å². The van der Waals surface area contributed by atoms with Gasteiger partial charge in [-0.1, -0.05) is 0 Å². The van der Waals surface area contributed by atoms with Crippen molar-refractivity contribution in [2.45, 2.75) is 18.9 Å². The van der Waals surface area contributed by atoms with Crippen molar-refractivity contribution in [3.8, 4) is 0 Å². The highest BCUT2D eigenvalue weighted by Gasteiger charge is 2.29. The van der Waals surface area contributed by atoms with Gasteiger partial charge in [0.2, 0.25) is 5.91 Å². The van der Waals surface area contributed by atoms with E-state index in [1.807, 2.05) is 4.90 Å². The first-order valence-corrected chi connectivity index (χ1v) is 6.09. The molecule has 92 valence electrons. The lowest BCUT2D eigenvalue weighted by molar-refractivity contribution is -0.148. The summed E-state index contributed by atoms with van der Waals surface area (Å²) in [5.74, 6) is 0.664. The van der Waals surface area contributed by atoms with E-state index in [4.69, 9.17) is 10.5 Å². The summed E-state index contributed by atoms with van der Waals surface area (Å²) in [6, 6.07) is 0.0724. The molecule has 2 saturated heterocycles. The van der Waals surface area contributed by atoms with E-state index < -0.39 is 0 Å². The molecule has 2 unspecified atom stereocenters. The number of rotatable bonds is 3. The van der Waals surface area contributed by atoms with E-state index in [0.717, 1.165) is 19.6 Å². The second kappa shape index (κ2) is 5.61. The molecule has 0 aliphatic carbocycles.